The first-order valence-corrected chi connectivity index (χ1v) is 11.8. The SMILES string of the molecule is Cc1ccc(C[P+](c2ccccc2)(c2ccccc2)c2cccc(C)c2)cc1. The smallest absolute Gasteiger partial charge is 0.0620 e. The van der Waals surface area contributed by atoms with Gasteiger partial charge in [0.25, 0.3) is 0 Å². The van der Waals surface area contributed by atoms with Gasteiger partial charge in [-0.2, -0.15) is 0 Å². The topological polar surface area (TPSA) is 0 Å². The molecule has 0 saturated carbocycles. The van der Waals surface area contributed by atoms with Crippen LogP contribution in [0.15, 0.2) is 109 Å². The zero-order valence-electron chi connectivity index (χ0n) is 16.5. The van der Waals surface area contributed by atoms with Crippen LogP contribution in [0, 0.1) is 13.8 Å². The van der Waals surface area contributed by atoms with Crippen LogP contribution in [0.5, 0.6) is 0 Å². The molecule has 0 radical (unpaired) electrons. The molecule has 28 heavy (non-hydrogen) atoms. The summed E-state index contributed by atoms with van der Waals surface area (Å²) in [6.45, 7) is 4.35. The minimum Gasteiger partial charge on any atom is -0.0620 e. The van der Waals surface area contributed by atoms with Gasteiger partial charge in [-0.3, -0.25) is 0 Å². The summed E-state index contributed by atoms with van der Waals surface area (Å²) in [7, 11) is -1.82. The standard InChI is InChI=1S/C27H26P/c1-22-16-18-24(19-17-22)21-28(25-11-5-3-6-12-25,26-13-7-4-8-14-26)27-15-9-10-23(2)20-27/h3-20H,21H2,1-2H3/q+1. The van der Waals surface area contributed by atoms with E-state index in [0.717, 1.165) is 6.16 Å². The molecule has 0 amide bonds. The van der Waals surface area contributed by atoms with Gasteiger partial charge in [-0.25, -0.2) is 0 Å². The summed E-state index contributed by atoms with van der Waals surface area (Å²) in [5.74, 6) is 0. The Labute approximate surface area is 169 Å². The predicted octanol–water partition coefficient (Wildman–Crippen LogP) is 5.80. The highest BCUT2D eigenvalue weighted by Crippen LogP contribution is 2.58. The normalized spacial score (nSPS) is 11.4. The predicted molar refractivity (Wildman–Crippen MR) is 125 cm³/mol. The fraction of sp³-hybridized carbons (Fsp3) is 0.111. The molecule has 0 N–H and O–H groups in total. The monoisotopic (exact) mass is 381 g/mol. The van der Waals surface area contributed by atoms with Crippen molar-refractivity contribution in [1.29, 1.82) is 0 Å². The zero-order chi connectivity index (χ0) is 19.4. The first-order chi connectivity index (χ1) is 13.7. The Bertz CT molecular complexity index is 995. The summed E-state index contributed by atoms with van der Waals surface area (Å²) in [5, 5.41) is 4.32. The van der Waals surface area contributed by atoms with Gasteiger partial charge >= 0.3 is 0 Å². The maximum absolute atomic E-state index is 2.39. The molecule has 4 rings (SSSR count). The highest BCUT2D eigenvalue weighted by molar-refractivity contribution is 7.95. The van der Waals surface area contributed by atoms with Gasteiger partial charge in [0.15, 0.2) is 0 Å². The second-order valence-corrected chi connectivity index (χ2v) is 10.9. The molecule has 0 bridgehead atoms. The highest BCUT2D eigenvalue weighted by atomic mass is 31.2. The van der Waals surface area contributed by atoms with Gasteiger partial charge in [0.05, 0.1) is 6.16 Å². The van der Waals surface area contributed by atoms with Crippen molar-refractivity contribution in [1.82, 2.24) is 0 Å². The Morgan fingerprint density at radius 1 is 0.500 bits per heavy atom. The van der Waals surface area contributed by atoms with E-state index >= 15 is 0 Å². The molecule has 4 aromatic carbocycles. The highest BCUT2D eigenvalue weighted by Gasteiger charge is 2.45. The summed E-state index contributed by atoms with van der Waals surface area (Å²) in [6, 6.07) is 40.4. The third kappa shape index (κ3) is 3.66. The molecule has 138 valence electrons. The number of rotatable bonds is 5. The lowest BCUT2D eigenvalue weighted by atomic mass is 10.2. The van der Waals surface area contributed by atoms with E-state index in [4.69, 9.17) is 0 Å². The van der Waals surface area contributed by atoms with Crippen LogP contribution >= 0.6 is 7.26 Å². The second kappa shape index (κ2) is 8.13. The third-order valence-electron chi connectivity index (χ3n) is 5.38. The Morgan fingerprint density at radius 3 is 1.57 bits per heavy atom. The van der Waals surface area contributed by atoms with Gasteiger partial charge < -0.3 is 0 Å². The van der Waals surface area contributed by atoms with E-state index in [1.54, 1.807) is 0 Å². The van der Waals surface area contributed by atoms with Gasteiger partial charge in [-0.1, -0.05) is 78.4 Å². The molecule has 0 unspecified atom stereocenters. The van der Waals surface area contributed by atoms with Gasteiger partial charge in [0.2, 0.25) is 0 Å². The van der Waals surface area contributed by atoms with Crippen LogP contribution in [-0.2, 0) is 6.16 Å². The lowest BCUT2D eigenvalue weighted by Gasteiger charge is -2.28. The van der Waals surface area contributed by atoms with Crippen molar-refractivity contribution in [3.05, 3.63) is 126 Å². The van der Waals surface area contributed by atoms with Crippen molar-refractivity contribution >= 4 is 23.2 Å². The van der Waals surface area contributed by atoms with Crippen LogP contribution in [-0.4, -0.2) is 0 Å². The fourth-order valence-corrected chi connectivity index (χ4v) is 8.25. The maximum Gasteiger partial charge on any atom is 0.116 e. The Hall–Kier alpha value is -2.69. The minimum absolute atomic E-state index is 1.03. The van der Waals surface area contributed by atoms with Crippen LogP contribution in [0.3, 0.4) is 0 Å². The molecule has 0 aromatic heterocycles. The summed E-state index contributed by atoms with van der Waals surface area (Å²) in [6.07, 6.45) is 1.03. The summed E-state index contributed by atoms with van der Waals surface area (Å²) in [5.41, 5.74) is 4.02. The molecule has 0 aliphatic carbocycles. The van der Waals surface area contributed by atoms with E-state index in [1.165, 1.54) is 32.6 Å². The van der Waals surface area contributed by atoms with Gasteiger partial charge in [0.1, 0.15) is 23.2 Å². The van der Waals surface area contributed by atoms with Crippen molar-refractivity contribution in [2.24, 2.45) is 0 Å². The van der Waals surface area contributed by atoms with Gasteiger partial charge in [-0.05, 0) is 61.4 Å². The lowest BCUT2D eigenvalue weighted by Crippen LogP contribution is -2.32. The Morgan fingerprint density at radius 2 is 1.04 bits per heavy atom. The lowest BCUT2D eigenvalue weighted by molar-refractivity contribution is 1.35. The average Bonchev–Trinajstić information content (AvgIpc) is 2.75. The van der Waals surface area contributed by atoms with Crippen molar-refractivity contribution in [2.45, 2.75) is 20.0 Å². The molecule has 0 saturated heterocycles. The van der Waals surface area contributed by atoms with Crippen molar-refractivity contribution < 1.29 is 0 Å². The van der Waals surface area contributed by atoms with Crippen LogP contribution in [0.1, 0.15) is 16.7 Å². The molecule has 0 atom stereocenters. The summed E-state index contributed by atoms with van der Waals surface area (Å²) < 4.78 is 0. The number of hydrogen-bond acceptors (Lipinski definition) is 0. The van der Waals surface area contributed by atoms with Crippen LogP contribution in [0.2, 0.25) is 0 Å². The molecule has 0 spiro atoms. The molecule has 0 fully saturated rings. The van der Waals surface area contributed by atoms with Crippen molar-refractivity contribution in [3.63, 3.8) is 0 Å². The van der Waals surface area contributed by atoms with Crippen molar-refractivity contribution in [2.75, 3.05) is 0 Å². The molecule has 0 aliphatic heterocycles. The largest absolute Gasteiger partial charge is 0.116 e. The van der Waals surface area contributed by atoms with E-state index in [9.17, 15) is 0 Å². The van der Waals surface area contributed by atoms with E-state index in [0.29, 0.717) is 0 Å². The van der Waals surface area contributed by atoms with Gasteiger partial charge in [-0.15, -0.1) is 0 Å². The van der Waals surface area contributed by atoms with E-state index in [-0.39, 0.29) is 0 Å². The molecule has 1 heteroatoms. The van der Waals surface area contributed by atoms with Crippen LogP contribution in [0.4, 0.5) is 0 Å². The number of benzene rings is 4. The quantitative estimate of drug-likeness (QED) is 0.383. The number of hydrogen-bond donors (Lipinski definition) is 0. The maximum atomic E-state index is 2.39. The molecule has 0 heterocycles. The van der Waals surface area contributed by atoms with Crippen LogP contribution in [0.25, 0.3) is 0 Å². The molecule has 0 nitrogen and oxygen atoms in total. The van der Waals surface area contributed by atoms with Crippen LogP contribution < -0.4 is 15.9 Å². The van der Waals surface area contributed by atoms with Gasteiger partial charge in [0, 0.05) is 0 Å². The zero-order valence-corrected chi connectivity index (χ0v) is 17.4. The Balaban J connectivity index is 2.00. The molecular formula is C27H26P+. The van der Waals surface area contributed by atoms with E-state index < -0.39 is 7.26 Å². The molecule has 4 aromatic rings. The Kier molecular flexibility index (Phi) is 5.42. The summed E-state index contributed by atoms with van der Waals surface area (Å²) >= 11 is 0. The second-order valence-electron chi connectivity index (χ2n) is 7.46. The minimum atomic E-state index is -1.82. The first kappa shape index (κ1) is 18.7. The molecule has 0 aliphatic rings. The fourth-order valence-electron chi connectivity index (χ4n) is 3.92. The van der Waals surface area contributed by atoms with E-state index in [2.05, 4.69) is 123 Å². The number of aryl methyl sites for hydroxylation is 2. The molecular weight excluding hydrogens is 355 g/mol. The average molecular weight is 381 g/mol. The first-order valence-electron chi connectivity index (χ1n) is 9.80. The third-order valence-corrected chi connectivity index (χ3v) is 9.74. The van der Waals surface area contributed by atoms with Crippen molar-refractivity contribution in [3.8, 4) is 0 Å². The summed E-state index contributed by atoms with van der Waals surface area (Å²) in [4.78, 5) is 0. The van der Waals surface area contributed by atoms with E-state index in [1.807, 2.05) is 0 Å².